The van der Waals surface area contributed by atoms with Crippen molar-refractivity contribution in [2.75, 3.05) is 6.61 Å². The third kappa shape index (κ3) is 3.02. The number of carbonyl (C=O) groups excluding carboxylic acids is 3. The predicted octanol–water partition coefficient (Wildman–Crippen LogP) is 4.87. The van der Waals surface area contributed by atoms with E-state index in [0.29, 0.717) is 25.7 Å². The Kier molecular flexibility index (Phi) is 5.71. The van der Waals surface area contributed by atoms with E-state index in [9.17, 15) is 19.5 Å². The highest BCUT2D eigenvalue weighted by Crippen LogP contribution is 2.73. The van der Waals surface area contributed by atoms with Crippen LogP contribution >= 0.6 is 23.2 Å². The van der Waals surface area contributed by atoms with Gasteiger partial charge in [0.15, 0.2) is 11.4 Å². The maximum atomic E-state index is 13.5. The first-order valence-corrected chi connectivity index (χ1v) is 13.0. The number of allylic oxidation sites excluding steroid dienone is 4. The summed E-state index contributed by atoms with van der Waals surface area (Å²) >= 11 is 14.7. The molecule has 5 rings (SSSR count). The maximum Gasteiger partial charge on any atom is 0.375 e. The largest absolute Gasteiger partial charge is 0.457 e. The summed E-state index contributed by atoms with van der Waals surface area (Å²) in [5.74, 6) is -1.88. The van der Waals surface area contributed by atoms with E-state index in [1.165, 1.54) is 12.3 Å². The van der Waals surface area contributed by atoms with Crippen LogP contribution in [0.25, 0.3) is 0 Å². The number of aliphatic hydroxyl groups is 1. The van der Waals surface area contributed by atoms with E-state index in [4.69, 9.17) is 32.4 Å². The van der Waals surface area contributed by atoms with Crippen LogP contribution in [0.5, 0.6) is 0 Å². The van der Waals surface area contributed by atoms with Crippen molar-refractivity contribution in [3.05, 3.63) is 48.0 Å². The molecule has 0 spiro atoms. The van der Waals surface area contributed by atoms with Crippen molar-refractivity contribution in [3.63, 3.8) is 0 Å². The fourth-order valence-corrected chi connectivity index (χ4v) is 9.27. The van der Waals surface area contributed by atoms with Crippen molar-refractivity contribution >= 4 is 40.7 Å². The molecule has 8 atom stereocenters. The summed E-state index contributed by atoms with van der Waals surface area (Å²) in [7, 11) is 0. The molecule has 0 amide bonds. The summed E-state index contributed by atoms with van der Waals surface area (Å²) in [6.45, 7) is 5.13. The SMILES string of the molecule is CC1C[C@H]2[C@@H]3CCC4=CC(=O)C=C[C@]4(C)[C@@]3(Cl)C(Cl)C[C@]2(C)[C@@]1(OC(=O)c1ccco1)C(=O)CO. The molecule has 1 aromatic heterocycles. The lowest BCUT2D eigenvalue weighted by Crippen LogP contribution is -2.68. The first kappa shape index (κ1) is 24.8. The molecular formula is C27H30Cl2O6. The predicted molar refractivity (Wildman–Crippen MR) is 130 cm³/mol. The van der Waals surface area contributed by atoms with Gasteiger partial charge in [-0.25, -0.2) is 4.79 Å². The number of alkyl halides is 2. The Morgan fingerprint density at radius 1 is 1.29 bits per heavy atom. The molecule has 3 fully saturated rings. The van der Waals surface area contributed by atoms with Gasteiger partial charge >= 0.3 is 5.97 Å². The number of ketones is 2. The third-order valence-corrected chi connectivity index (χ3v) is 11.2. The van der Waals surface area contributed by atoms with Gasteiger partial charge in [0.05, 0.1) is 16.5 Å². The molecule has 4 aliphatic rings. The van der Waals surface area contributed by atoms with Gasteiger partial charge in [-0.1, -0.05) is 32.4 Å². The Morgan fingerprint density at radius 3 is 2.69 bits per heavy atom. The smallest absolute Gasteiger partial charge is 0.375 e. The highest BCUT2D eigenvalue weighted by Gasteiger charge is 2.76. The van der Waals surface area contributed by atoms with Crippen LogP contribution in [0.15, 0.2) is 46.6 Å². The molecule has 35 heavy (non-hydrogen) atoms. The van der Waals surface area contributed by atoms with Crippen LogP contribution < -0.4 is 0 Å². The first-order chi connectivity index (χ1) is 16.5. The van der Waals surface area contributed by atoms with Crippen molar-refractivity contribution in [3.8, 4) is 0 Å². The van der Waals surface area contributed by atoms with Crippen LogP contribution in [-0.2, 0) is 14.3 Å². The molecule has 0 radical (unpaired) electrons. The molecule has 4 aliphatic carbocycles. The minimum atomic E-state index is -1.57. The summed E-state index contributed by atoms with van der Waals surface area (Å²) in [4.78, 5) is 37.8. The molecule has 0 saturated heterocycles. The minimum absolute atomic E-state index is 0.00347. The van der Waals surface area contributed by atoms with Gasteiger partial charge in [-0.2, -0.15) is 0 Å². The van der Waals surface area contributed by atoms with Gasteiger partial charge in [-0.3, -0.25) is 9.59 Å². The number of hydrogen-bond donors (Lipinski definition) is 1. The Labute approximate surface area is 214 Å². The number of ether oxygens (including phenoxy) is 1. The molecule has 6 nitrogen and oxygen atoms in total. The van der Waals surface area contributed by atoms with E-state index in [2.05, 4.69) is 0 Å². The van der Waals surface area contributed by atoms with Crippen LogP contribution in [0.3, 0.4) is 0 Å². The zero-order valence-electron chi connectivity index (χ0n) is 20.1. The summed E-state index contributed by atoms with van der Waals surface area (Å²) in [5, 5.41) is 9.44. The Bertz CT molecular complexity index is 1140. The number of furan rings is 1. The van der Waals surface area contributed by atoms with Gasteiger partial charge in [0.1, 0.15) is 6.61 Å². The minimum Gasteiger partial charge on any atom is -0.457 e. The van der Waals surface area contributed by atoms with E-state index < -0.39 is 45.0 Å². The second kappa shape index (κ2) is 8.06. The van der Waals surface area contributed by atoms with Crippen LogP contribution in [-0.4, -0.2) is 45.1 Å². The van der Waals surface area contributed by atoms with E-state index >= 15 is 0 Å². The molecule has 3 saturated carbocycles. The Balaban J connectivity index is 1.61. The fourth-order valence-electron chi connectivity index (χ4n) is 8.04. The second-order valence-electron chi connectivity index (χ2n) is 11.0. The zero-order valence-corrected chi connectivity index (χ0v) is 21.6. The topological polar surface area (TPSA) is 93.8 Å². The lowest BCUT2D eigenvalue weighted by atomic mass is 9.46. The number of esters is 1. The number of fused-ring (bicyclic) bond motifs is 5. The number of aliphatic hydroxyl groups excluding tert-OH is 1. The fraction of sp³-hybridized carbons (Fsp3) is 0.593. The number of Topliss-reactive ketones (excluding diaryl/α,β-unsaturated/α-hetero) is 1. The van der Waals surface area contributed by atoms with Gasteiger partial charge < -0.3 is 14.3 Å². The quantitative estimate of drug-likeness (QED) is 0.449. The van der Waals surface area contributed by atoms with Gasteiger partial charge in [-0.15, -0.1) is 23.2 Å². The Hall–Kier alpha value is -1.89. The van der Waals surface area contributed by atoms with Gasteiger partial charge in [0.2, 0.25) is 11.5 Å². The van der Waals surface area contributed by atoms with E-state index in [1.807, 2.05) is 26.8 Å². The standard InChI is InChI=1S/C27H30Cl2O6/c1-15-11-19-18-7-6-16-12-17(31)8-9-24(16,2)26(18,29)21(28)13-25(19,3)27(15,22(32)14-30)35-23(33)20-5-4-10-34-20/h4-5,8-10,12,15,18-19,21,30H,6-7,11,13-14H2,1-3H3/t15?,18-,19-,21?,24-,25-,26-,27-/m0/s1. The normalized spacial score (nSPS) is 44.2. The second-order valence-corrected chi connectivity index (χ2v) is 12.2. The monoisotopic (exact) mass is 520 g/mol. The van der Waals surface area contributed by atoms with Crippen LogP contribution in [0.2, 0.25) is 0 Å². The summed E-state index contributed by atoms with van der Waals surface area (Å²) in [6.07, 6.45) is 8.81. The van der Waals surface area contributed by atoms with Crippen molar-refractivity contribution in [1.82, 2.24) is 0 Å². The Morgan fingerprint density at radius 2 is 2.03 bits per heavy atom. The van der Waals surface area contributed by atoms with Crippen molar-refractivity contribution in [2.24, 2.45) is 28.6 Å². The molecular weight excluding hydrogens is 491 g/mol. The van der Waals surface area contributed by atoms with Gasteiger partial charge in [0.25, 0.3) is 0 Å². The average Bonchev–Trinajstić information content (AvgIpc) is 3.42. The molecule has 1 N–H and O–H groups in total. The molecule has 0 bridgehead atoms. The molecule has 0 aromatic carbocycles. The van der Waals surface area contributed by atoms with Crippen LogP contribution in [0, 0.1) is 28.6 Å². The van der Waals surface area contributed by atoms with Crippen LogP contribution in [0.1, 0.15) is 57.0 Å². The first-order valence-electron chi connectivity index (χ1n) is 12.1. The average molecular weight is 521 g/mol. The summed E-state index contributed by atoms with van der Waals surface area (Å²) in [6, 6.07) is 3.06. The highest BCUT2D eigenvalue weighted by atomic mass is 35.5. The van der Waals surface area contributed by atoms with Crippen molar-refractivity contribution in [1.29, 1.82) is 0 Å². The number of carbonyl (C=O) groups is 3. The van der Waals surface area contributed by atoms with Crippen LogP contribution in [0.4, 0.5) is 0 Å². The number of halogens is 2. The molecule has 8 heteroatoms. The summed E-state index contributed by atoms with van der Waals surface area (Å²) < 4.78 is 11.3. The molecule has 0 aliphatic heterocycles. The number of rotatable bonds is 4. The van der Waals surface area contributed by atoms with Gasteiger partial charge in [0, 0.05) is 16.7 Å². The lowest BCUT2D eigenvalue weighted by Gasteiger charge is -2.64. The molecule has 1 heterocycles. The summed E-state index contributed by atoms with van der Waals surface area (Å²) in [5.41, 5.74) is -2.05. The molecule has 188 valence electrons. The van der Waals surface area contributed by atoms with Crippen molar-refractivity contribution < 1.29 is 28.6 Å². The van der Waals surface area contributed by atoms with E-state index in [1.54, 1.807) is 18.2 Å². The van der Waals surface area contributed by atoms with Crippen molar-refractivity contribution in [2.45, 2.75) is 62.3 Å². The van der Waals surface area contributed by atoms with Gasteiger partial charge in [-0.05, 0) is 61.8 Å². The maximum absolute atomic E-state index is 13.5. The van der Waals surface area contributed by atoms with E-state index in [0.717, 1.165) is 5.57 Å². The zero-order chi connectivity index (χ0) is 25.4. The van der Waals surface area contributed by atoms with E-state index in [-0.39, 0.29) is 29.3 Å². The molecule has 1 aromatic rings. The highest BCUT2D eigenvalue weighted by molar-refractivity contribution is 6.34. The molecule has 2 unspecified atom stereocenters. The third-order valence-electron chi connectivity index (χ3n) is 9.67. The number of hydrogen-bond acceptors (Lipinski definition) is 6. The lowest BCUT2D eigenvalue weighted by molar-refractivity contribution is -0.169.